The van der Waals surface area contributed by atoms with Gasteiger partial charge in [0.05, 0.1) is 4.47 Å². The minimum absolute atomic E-state index is 0.274. The molecule has 0 aliphatic rings. The molecule has 0 bridgehead atoms. The first-order valence-electron chi connectivity index (χ1n) is 6.41. The lowest BCUT2D eigenvalue weighted by Gasteiger charge is -2.14. The van der Waals surface area contributed by atoms with Crippen LogP contribution in [0.15, 0.2) is 47.2 Å². The fourth-order valence-corrected chi connectivity index (χ4v) is 2.59. The van der Waals surface area contributed by atoms with Gasteiger partial charge >= 0.3 is 0 Å². The fraction of sp³-hybridized carbons (Fsp3) is 0.0625. The predicted octanol–water partition coefficient (Wildman–Crippen LogP) is 4.77. The zero-order valence-electron chi connectivity index (χ0n) is 11.3. The van der Waals surface area contributed by atoms with Gasteiger partial charge in [-0.25, -0.2) is 4.39 Å². The van der Waals surface area contributed by atoms with E-state index in [1.54, 1.807) is 18.5 Å². The number of benzene rings is 2. The van der Waals surface area contributed by atoms with Crippen LogP contribution in [0.2, 0.25) is 0 Å². The van der Waals surface area contributed by atoms with Gasteiger partial charge in [-0.1, -0.05) is 0 Å². The van der Waals surface area contributed by atoms with Crippen LogP contribution in [-0.4, -0.2) is 4.98 Å². The summed E-state index contributed by atoms with van der Waals surface area (Å²) >= 11 is 3.21. The number of hydrogen-bond acceptors (Lipinski definition) is 3. The maximum Gasteiger partial charge on any atom is 0.137 e. The Bertz CT molecular complexity index is 833. The van der Waals surface area contributed by atoms with Crippen LogP contribution in [0.5, 0.6) is 0 Å². The summed E-state index contributed by atoms with van der Waals surface area (Å²) in [6.07, 6.45) is 3.46. The van der Waals surface area contributed by atoms with Crippen LogP contribution in [-0.2, 0) is 0 Å². The third kappa shape index (κ3) is 2.56. The Morgan fingerprint density at radius 3 is 2.76 bits per heavy atom. The molecule has 0 atom stereocenters. The zero-order valence-corrected chi connectivity index (χ0v) is 12.9. The van der Waals surface area contributed by atoms with Gasteiger partial charge in [-0.3, -0.25) is 4.98 Å². The van der Waals surface area contributed by atoms with Crippen molar-refractivity contribution in [3.8, 4) is 0 Å². The number of nitrogens with two attached hydrogens (primary N) is 1. The van der Waals surface area contributed by atoms with Crippen molar-refractivity contribution in [1.82, 2.24) is 4.98 Å². The van der Waals surface area contributed by atoms with E-state index < -0.39 is 0 Å². The van der Waals surface area contributed by atoms with E-state index in [-0.39, 0.29) is 5.82 Å². The van der Waals surface area contributed by atoms with Crippen LogP contribution in [0.3, 0.4) is 0 Å². The summed E-state index contributed by atoms with van der Waals surface area (Å²) in [5, 5.41) is 5.20. The van der Waals surface area contributed by atoms with Crippen molar-refractivity contribution in [3.63, 3.8) is 0 Å². The third-order valence-electron chi connectivity index (χ3n) is 3.39. The van der Waals surface area contributed by atoms with Crippen LogP contribution >= 0.6 is 15.9 Å². The molecule has 3 N–H and O–H groups in total. The quantitative estimate of drug-likeness (QED) is 0.657. The van der Waals surface area contributed by atoms with Crippen molar-refractivity contribution >= 4 is 43.8 Å². The summed E-state index contributed by atoms with van der Waals surface area (Å²) in [5.74, 6) is -0.274. The van der Waals surface area contributed by atoms with Gasteiger partial charge in [0.1, 0.15) is 5.82 Å². The molecule has 0 saturated carbocycles. The number of fused-ring (bicyclic) bond motifs is 1. The number of pyridine rings is 1. The van der Waals surface area contributed by atoms with Crippen molar-refractivity contribution in [2.24, 2.45) is 0 Å². The average Bonchev–Trinajstić information content (AvgIpc) is 2.48. The summed E-state index contributed by atoms with van der Waals surface area (Å²) in [7, 11) is 0. The molecular weight excluding hydrogens is 333 g/mol. The molecule has 3 aromatic rings. The van der Waals surface area contributed by atoms with Gasteiger partial charge < -0.3 is 11.1 Å². The highest BCUT2D eigenvalue weighted by molar-refractivity contribution is 9.10. The average molecular weight is 346 g/mol. The molecule has 1 aromatic heterocycles. The Morgan fingerprint density at radius 1 is 1.14 bits per heavy atom. The molecule has 2 aromatic carbocycles. The van der Waals surface area contributed by atoms with Gasteiger partial charge in [0.2, 0.25) is 0 Å². The van der Waals surface area contributed by atoms with Gasteiger partial charge in [-0.15, -0.1) is 0 Å². The van der Waals surface area contributed by atoms with Crippen LogP contribution in [0.25, 0.3) is 10.8 Å². The molecule has 0 amide bonds. The summed E-state index contributed by atoms with van der Waals surface area (Å²) in [4.78, 5) is 4.10. The monoisotopic (exact) mass is 345 g/mol. The van der Waals surface area contributed by atoms with Crippen LogP contribution in [0.4, 0.5) is 21.5 Å². The normalized spacial score (nSPS) is 10.8. The van der Waals surface area contributed by atoms with Crippen LogP contribution in [0, 0.1) is 12.7 Å². The van der Waals surface area contributed by atoms with Crippen molar-refractivity contribution in [1.29, 1.82) is 0 Å². The summed E-state index contributed by atoms with van der Waals surface area (Å²) in [6.45, 7) is 1.86. The molecule has 0 radical (unpaired) electrons. The Hall–Kier alpha value is -2.14. The predicted molar refractivity (Wildman–Crippen MR) is 88.3 cm³/mol. The molecule has 0 aliphatic carbocycles. The lowest BCUT2D eigenvalue weighted by atomic mass is 10.1. The minimum Gasteiger partial charge on any atom is -0.398 e. The van der Waals surface area contributed by atoms with Crippen molar-refractivity contribution in [2.45, 2.75) is 6.92 Å². The highest BCUT2D eigenvalue weighted by Gasteiger charge is 2.08. The van der Waals surface area contributed by atoms with E-state index in [1.165, 1.54) is 6.07 Å². The van der Waals surface area contributed by atoms with E-state index in [0.717, 1.165) is 27.7 Å². The lowest BCUT2D eigenvalue weighted by Crippen LogP contribution is -1.97. The second-order valence-corrected chi connectivity index (χ2v) is 5.68. The Kier molecular flexibility index (Phi) is 3.51. The first-order chi connectivity index (χ1) is 10.1. The standard InChI is InChI=1S/C16H13BrFN3/c1-9-6-13(18)12(17)7-16(9)21-15-3-2-14(19)11-8-20-5-4-10(11)15/h2-8,21H,19H2,1H3. The highest BCUT2D eigenvalue weighted by Crippen LogP contribution is 2.32. The third-order valence-corrected chi connectivity index (χ3v) is 4.00. The number of nitrogens with zero attached hydrogens (tertiary/aromatic N) is 1. The van der Waals surface area contributed by atoms with Gasteiger partial charge in [0.25, 0.3) is 0 Å². The number of nitrogens with one attached hydrogen (secondary N) is 1. The summed E-state index contributed by atoms with van der Waals surface area (Å²) in [6, 6.07) is 8.87. The van der Waals surface area contributed by atoms with Crippen molar-refractivity contribution in [3.05, 3.63) is 58.6 Å². The molecule has 0 aliphatic heterocycles. The SMILES string of the molecule is Cc1cc(F)c(Br)cc1Nc1ccc(N)c2cnccc12. The molecule has 3 rings (SSSR count). The maximum absolute atomic E-state index is 13.5. The summed E-state index contributed by atoms with van der Waals surface area (Å²) < 4.78 is 13.9. The molecule has 0 spiro atoms. The second-order valence-electron chi connectivity index (χ2n) is 4.83. The maximum atomic E-state index is 13.5. The fourth-order valence-electron chi connectivity index (χ4n) is 2.25. The van der Waals surface area contributed by atoms with E-state index in [2.05, 4.69) is 26.2 Å². The number of aromatic nitrogens is 1. The smallest absolute Gasteiger partial charge is 0.137 e. The Morgan fingerprint density at radius 2 is 1.95 bits per heavy atom. The van der Waals surface area contributed by atoms with E-state index in [9.17, 15) is 4.39 Å². The molecule has 106 valence electrons. The first kappa shape index (κ1) is 13.8. The van der Waals surface area contributed by atoms with E-state index >= 15 is 0 Å². The first-order valence-corrected chi connectivity index (χ1v) is 7.20. The molecule has 0 saturated heterocycles. The van der Waals surface area contributed by atoms with Crippen LogP contribution < -0.4 is 11.1 Å². The van der Waals surface area contributed by atoms with E-state index in [0.29, 0.717) is 10.2 Å². The molecule has 3 nitrogen and oxygen atoms in total. The second kappa shape index (κ2) is 5.33. The molecule has 0 fully saturated rings. The Balaban J connectivity index is 2.11. The highest BCUT2D eigenvalue weighted by atomic mass is 79.9. The molecule has 0 unspecified atom stereocenters. The van der Waals surface area contributed by atoms with E-state index in [4.69, 9.17) is 5.73 Å². The van der Waals surface area contributed by atoms with Gasteiger partial charge in [0, 0.05) is 40.2 Å². The summed E-state index contributed by atoms with van der Waals surface area (Å²) in [5.41, 5.74) is 9.22. The van der Waals surface area contributed by atoms with Crippen molar-refractivity contribution < 1.29 is 4.39 Å². The van der Waals surface area contributed by atoms with Crippen LogP contribution in [0.1, 0.15) is 5.56 Å². The number of nitrogen functional groups attached to an aromatic ring is 1. The Labute approximate surface area is 130 Å². The van der Waals surface area contributed by atoms with Crippen molar-refractivity contribution in [2.75, 3.05) is 11.1 Å². The lowest BCUT2D eigenvalue weighted by molar-refractivity contribution is 0.620. The van der Waals surface area contributed by atoms with Gasteiger partial charge in [0.15, 0.2) is 0 Å². The molecule has 21 heavy (non-hydrogen) atoms. The largest absolute Gasteiger partial charge is 0.398 e. The number of halogens is 2. The zero-order chi connectivity index (χ0) is 15.0. The molecule has 1 heterocycles. The topological polar surface area (TPSA) is 50.9 Å². The van der Waals surface area contributed by atoms with E-state index in [1.807, 2.05) is 25.1 Å². The molecular formula is C16H13BrFN3. The number of aryl methyl sites for hydroxylation is 1. The van der Waals surface area contributed by atoms with Gasteiger partial charge in [-0.2, -0.15) is 0 Å². The van der Waals surface area contributed by atoms with Gasteiger partial charge in [-0.05, 0) is 58.7 Å². The number of anilines is 3. The minimum atomic E-state index is -0.274. The molecule has 5 heteroatoms. The number of rotatable bonds is 2. The number of hydrogen-bond donors (Lipinski definition) is 2.